The number of hydrogen-bond acceptors (Lipinski definition) is 4. The molecule has 1 rings (SSSR count). The Morgan fingerprint density at radius 2 is 2.64 bits per heavy atom. The van der Waals surface area contributed by atoms with Crippen LogP contribution in [0, 0.1) is 18.3 Å². The van der Waals surface area contributed by atoms with Crippen LogP contribution in [-0.4, -0.2) is 18.6 Å². The standard InChI is InChI=1S/C6H9OPS3/c1-3-6-4-7-8(9,10-2)11-5-6/h1,6H,4-5H2,2H3. The summed E-state index contributed by atoms with van der Waals surface area (Å²) in [5, 5.41) is 0. The highest BCUT2D eigenvalue weighted by Crippen LogP contribution is 2.71. The van der Waals surface area contributed by atoms with E-state index in [1.807, 2.05) is 6.26 Å². The molecule has 0 spiro atoms. The molecule has 62 valence electrons. The average Bonchev–Trinajstić information content (AvgIpc) is 2.06. The molecule has 1 heterocycles. The second-order valence-corrected chi connectivity index (χ2v) is 12.8. The van der Waals surface area contributed by atoms with Crippen molar-refractivity contribution in [3.63, 3.8) is 0 Å². The lowest BCUT2D eigenvalue weighted by Gasteiger charge is -2.26. The first-order chi connectivity index (χ1) is 5.20. The molecule has 2 unspecified atom stereocenters. The van der Waals surface area contributed by atoms with Crippen molar-refractivity contribution in [2.75, 3.05) is 18.6 Å². The van der Waals surface area contributed by atoms with Crippen molar-refractivity contribution in [3.8, 4) is 12.3 Å². The van der Waals surface area contributed by atoms with Gasteiger partial charge in [-0.05, 0) is 18.1 Å². The Morgan fingerprint density at radius 1 is 1.91 bits per heavy atom. The third-order valence-corrected chi connectivity index (χ3v) is 11.4. The normalized spacial score (nSPS) is 38.0. The van der Waals surface area contributed by atoms with E-state index in [4.69, 9.17) is 22.8 Å². The summed E-state index contributed by atoms with van der Waals surface area (Å²) < 4.78 is 3.95. The molecular weight excluding hydrogens is 215 g/mol. The molecular formula is C6H9OPS3. The maximum atomic E-state index is 5.53. The molecule has 0 N–H and O–H groups in total. The van der Waals surface area contributed by atoms with Crippen molar-refractivity contribution in [1.29, 1.82) is 0 Å². The molecule has 2 atom stereocenters. The fourth-order valence-electron chi connectivity index (χ4n) is 0.650. The van der Waals surface area contributed by atoms with Gasteiger partial charge >= 0.3 is 0 Å². The monoisotopic (exact) mass is 224 g/mol. The zero-order chi connectivity index (χ0) is 8.32. The smallest absolute Gasteiger partial charge is 0.174 e. The van der Waals surface area contributed by atoms with Crippen LogP contribution in [0.1, 0.15) is 0 Å². The average molecular weight is 224 g/mol. The van der Waals surface area contributed by atoms with Crippen LogP contribution in [0.2, 0.25) is 0 Å². The number of terminal acetylenes is 1. The highest BCUT2D eigenvalue weighted by atomic mass is 33.2. The molecule has 5 heteroatoms. The molecule has 1 fully saturated rings. The fourth-order valence-corrected chi connectivity index (χ4v) is 6.39. The Hall–Kier alpha value is 0.870. The summed E-state index contributed by atoms with van der Waals surface area (Å²) in [4.78, 5) is 0. The van der Waals surface area contributed by atoms with Gasteiger partial charge in [0.1, 0.15) is 0 Å². The van der Waals surface area contributed by atoms with Crippen molar-refractivity contribution in [2.24, 2.45) is 5.92 Å². The minimum atomic E-state index is -1.57. The third-order valence-electron chi connectivity index (χ3n) is 1.33. The molecule has 0 aromatic carbocycles. The van der Waals surface area contributed by atoms with Crippen molar-refractivity contribution in [2.45, 2.75) is 0 Å². The Morgan fingerprint density at radius 3 is 3.00 bits per heavy atom. The lowest BCUT2D eigenvalue weighted by Crippen LogP contribution is -2.12. The summed E-state index contributed by atoms with van der Waals surface area (Å²) in [5.41, 5.74) is 0. The van der Waals surface area contributed by atoms with Gasteiger partial charge in [-0.1, -0.05) is 22.8 Å². The molecule has 0 aromatic heterocycles. The van der Waals surface area contributed by atoms with Gasteiger partial charge in [0.25, 0.3) is 0 Å². The summed E-state index contributed by atoms with van der Waals surface area (Å²) in [7, 11) is 0. The number of rotatable bonds is 1. The van der Waals surface area contributed by atoms with E-state index in [0.717, 1.165) is 5.75 Å². The van der Waals surface area contributed by atoms with E-state index in [-0.39, 0.29) is 5.92 Å². The minimum Gasteiger partial charge on any atom is -0.333 e. The topological polar surface area (TPSA) is 9.23 Å². The summed E-state index contributed by atoms with van der Waals surface area (Å²) in [5.74, 6) is 3.92. The van der Waals surface area contributed by atoms with Crippen LogP contribution < -0.4 is 0 Å². The van der Waals surface area contributed by atoms with E-state index in [9.17, 15) is 0 Å². The van der Waals surface area contributed by atoms with Crippen LogP contribution in [0.5, 0.6) is 0 Å². The quantitative estimate of drug-likeness (QED) is 0.500. The van der Waals surface area contributed by atoms with Gasteiger partial charge in [-0.25, -0.2) is 0 Å². The van der Waals surface area contributed by atoms with Gasteiger partial charge in [-0.3, -0.25) is 0 Å². The van der Waals surface area contributed by atoms with E-state index < -0.39 is 4.67 Å². The first kappa shape index (κ1) is 9.95. The van der Waals surface area contributed by atoms with E-state index in [1.54, 1.807) is 22.8 Å². The summed E-state index contributed by atoms with van der Waals surface area (Å²) in [6.45, 7) is 0.654. The molecule has 0 bridgehead atoms. The van der Waals surface area contributed by atoms with Crippen molar-refractivity contribution in [3.05, 3.63) is 0 Å². The second-order valence-electron chi connectivity index (χ2n) is 2.08. The van der Waals surface area contributed by atoms with Gasteiger partial charge in [-0.2, -0.15) is 0 Å². The molecule has 0 amide bonds. The highest BCUT2D eigenvalue weighted by Gasteiger charge is 2.25. The zero-order valence-corrected chi connectivity index (χ0v) is 9.49. The summed E-state index contributed by atoms with van der Waals surface area (Å²) in [6, 6.07) is 0. The van der Waals surface area contributed by atoms with Crippen LogP contribution in [-0.2, 0) is 16.3 Å². The summed E-state index contributed by atoms with van der Waals surface area (Å²) in [6.07, 6.45) is 7.27. The van der Waals surface area contributed by atoms with Gasteiger partial charge < -0.3 is 4.52 Å². The molecule has 0 aliphatic carbocycles. The van der Waals surface area contributed by atoms with Crippen molar-refractivity contribution >= 4 is 39.2 Å². The van der Waals surface area contributed by atoms with E-state index in [1.165, 1.54) is 0 Å². The molecule has 0 radical (unpaired) electrons. The first-order valence-corrected chi connectivity index (χ1v) is 9.25. The lowest BCUT2D eigenvalue weighted by atomic mass is 10.2. The van der Waals surface area contributed by atoms with E-state index in [2.05, 4.69) is 5.92 Å². The highest BCUT2D eigenvalue weighted by molar-refractivity contribution is 8.99. The predicted molar refractivity (Wildman–Crippen MR) is 58.5 cm³/mol. The maximum Gasteiger partial charge on any atom is 0.174 e. The molecule has 1 aliphatic rings. The SMILES string of the molecule is C#CC1COP(=S)(SC)SC1. The van der Waals surface area contributed by atoms with Crippen molar-refractivity contribution in [1.82, 2.24) is 0 Å². The van der Waals surface area contributed by atoms with Gasteiger partial charge in [0.15, 0.2) is 4.67 Å². The zero-order valence-electron chi connectivity index (χ0n) is 6.15. The molecule has 11 heavy (non-hydrogen) atoms. The minimum absolute atomic E-state index is 0.267. The van der Waals surface area contributed by atoms with E-state index >= 15 is 0 Å². The Labute approximate surface area is 80.6 Å². The van der Waals surface area contributed by atoms with Gasteiger partial charge in [0.2, 0.25) is 0 Å². The maximum absolute atomic E-state index is 5.53. The first-order valence-electron chi connectivity index (χ1n) is 3.11. The van der Waals surface area contributed by atoms with Crippen LogP contribution in [0.25, 0.3) is 0 Å². The van der Waals surface area contributed by atoms with Gasteiger partial charge in [-0.15, -0.1) is 12.3 Å². The Bertz CT molecular complexity index is 210. The fraction of sp³-hybridized carbons (Fsp3) is 0.667. The molecule has 0 aromatic rings. The predicted octanol–water partition coefficient (Wildman–Crippen LogP) is 2.59. The molecule has 1 nitrogen and oxygen atoms in total. The van der Waals surface area contributed by atoms with Crippen LogP contribution >= 0.6 is 27.4 Å². The largest absolute Gasteiger partial charge is 0.333 e. The van der Waals surface area contributed by atoms with Crippen LogP contribution in [0.15, 0.2) is 0 Å². The third kappa shape index (κ3) is 2.68. The van der Waals surface area contributed by atoms with Crippen LogP contribution in [0.3, 0.4) is 0 Å². The second kappa shape index (κ2) is 4.20. The summed E-state index contributed by atoms with van der Waals surface area (Å²) >= 11 is 8.68. The van der Waals surface area contributed by atoms with Gasteiger partial charge in [0.05, 0.1) is 12.5 Å². The molecule has 1 aliphatic heterocycles. The Kier molecular flexibility index (Phi) is 3.80. The molecule has 0 saturated carbocycles. The Balaban J connectivity index is 2.49. The lowest BCUT2D eigenvalue weighted by molar-refractivity contribution is 0.328. The van der Waals surface area contributed by atoms with Gasteiger partial charge in [0, 0.05) is 5.75 Å². The number of hydrogen-bond donors (Lipinski definition) is 0. The van der Waals surface area contributed by atoms with Crippen molar-refractivity contribution < 1.29 is 4.52 Å². The molecule has 1 saturated heterocycles. The van der Waals surface area contributed by atoms with E-state index in [0.29, 0.717) is 6.61 Å². The van der Waals surface area contributed by atoms with Crippen LogP contribution in [0.4, 0.5) is 0 Å².